The van der Waals surface area contributed by atoms with Crippen LogP contribution < -0.4 is 5.32 Å². The molecule has 102 valence electrons. The van der Waals surface area contributed by atoms with Crippen LogP contribution in [0.1, 0.15) is 30.0 Å². The van der Waals surface area contributed by atoms with Crippen molar-refractivity contribution in [2.75, 3.05) is 19.0 Å². The summed E-state index contributed by atoms with van der Waals surface area (Å²) in [6.45, 7) is 2.99. The fourth-order valence-corrected chi connectivity index (χ4v) is 3.44. The van der Waals surface area contributed by atoms with E-state index in [9.17, 15) is 0 Å². The number of nitrogens with one attached hydrogen (secondary N) is 1. The topological polar surface area (TPSA) is 47.0 Å². The normalized spacial score (nSPS) is 19.8. The van der Waals surface area contributed by atoms with Gasteiger partial charge in [-0.15, -0.1) is 11.3 Å². The van der Waals surface area contributed by atoms with Crippen molar-refractivity contribution in [3.05, 3.63) is 16.8 Å². The first-order valence-corrected chi connectivity index (χ1v) is 7.64. The second-order valence-corrected chi connectivity index (χ2v) is 6.24. The highest BCUT2D eigenvalue weighted by Gasteiger charge is 2.17. The molecule has 19 heavy (non-hydrogen) atoms. The highest BCUT2D eigenvalue weighted by atomic mass is 32.1. The molecule has 0 saturated carbocycles. The summed E-state index contributed by atoms with van der Waals surface area (Å²) in [4.78, 5) is 11.7. The van der Waals surface area contributed by atoms with Gasteiger partial charge in [0.05, 0.1) is 11.5 Å². The largest absolute Gasteiger partial charge is 0.378 e. The molecule has 0 aliphatic carbocycles. The number of fused-ring (bicyclic) bond motifs is 1. The van der Waals surface area contributed by atoms with E-state index in [4.69, 9.17) is 4.74 Å². The van der Waals surface area contributed by atoms with Gasteiger partial charge >= 0.3 is 0 Å². The van der Waals surface area contributed by atoms with E-state index < -0.39 is 0 Å². The average molecular weight is 277 g/mol. The van der Waals surface area contributed by atoms with Crippen molar-refractivity contribution >= 4 is 27.4 Å². The van der Waals surface area contributed by atoms with Crippen LogP contribution in [0.15, 0.2) is 6.07 Å². The van der Waals surface area contributed by atoms with Crippen LogP contribution in [0.4, 0.5) is 5.82 Å². The van der Waals surface area contributed by atoms with Gasteiger partial charge in [0.25, 0.3) is 0 Å². The number of hydrogen-bond acceptors (Lipinski definition) is 5. The van der Waals surface area contributed by atoms with Crippen molar-refractivity contribution < 1.29 is 4.74 Å². The first-order valence-electron chi connectivity index (χ1n) is 6.82. The lowest BCUT2D eigenvalue weighted by atomic mass is 10.1. The molecule has 5 heteroatoms. The van der Waals surface area contributed by atoms with Gasteiger partial charge in [0, 0.05) is 25.0 Å². The van der Waals surface area contributed by atoms with Crippen LogP contribution in [-0.4, -0.2) is 29.7 Å². The molecule has 1 aliphatic heterocycles. The maximum atomic E-state index is 5.78. The smallest absolute Gasteiger partial charge is 0.138 e. The molecular weight excluding hydrogens is 258 g/mol. The monoisotopic (exact) mass is 277 g/mol. The molecule has 2 aromatic heterocycles. The van der Waals surface area contributed by atoms with Gasteiger partial charge in [-0.25, -0.2) is 9.97 Å². The number of hydrogen-bond donors (Lipinski definition) is 1. The van der Waals surface area contributed by atoms with Gasteiger partial charge in [-0.1, -0.05) is 0 Å². The molecule has 0 bridgehead atoms. The molecule has 1 fully saturated rings. The van der Waals surface area contributed by atoms with Gasteiger partial charge < -0.3 is 10.1 Å². The molecule has 4 nitrogen and oxygen atoms in total. The molecule has 3 rings (SSSR count). The number of aromatic nitrogens is 2. The Labute approximate surface area is 117 Å². The molecule has 1 N–H and O–H groups in total. The summed E-state index contributed by atoms with van der Waals surface area (Å²) in [5.41, 5.74) is 0. The van der Waals surface area contributed by atoms with Crippen molar-refractivity contribution in [2.45, 2.75) is 38.7 Å². The Morgan fingerprint density at radius 3 is 3.05 bits per heavy atom. The van der Waals surface area contributed by atoms with Gasteiger partial charge in [0.2, 0.25) is 0 Å². The van der Waals surface area contributed by atoms with Crippen LogP contribution in [0, 0.1) is 6.92 Å². The summed E-state index contributed by atoms with van der Waals surface area (Å²) in [6.07, 6.45) is 4.67. The van der Waals surface area contributed by atoms with Gasteiger partial charge in [-0.2, -0.15) is 0 Å². The third-order valence-electron chi connectivity index (χ3n) is 3.48. The zero-order valence-electron chi connectivity index (χ0n) is 11.4. The fourth-order valence-electron chi connectivity index (χ4n) is 2.54. The summed E-state index contributed by atoms with van der Waals surface area (Å²) in [5, 5.41) is 4.30. The van der Waals surface area contributed by atoms with E-state index in [1.807, 2.05) is 7.05 Å². The lowest BCUT2D eigenvalue weighted by molar-refractivity contribution is 0.0157. The summed E-state index contributed by atoms with van der Waals surface area (Å²) < 4.78 is 5.78. The molecule has 0 aromatic carbocycles. The van der Waals surface area contributed by atoms with E-state index in [1.165, 1.54) is 17.7 Å². The zero-order chi connectivity index (χ0) is 13.2. The number of ether oxygens (including phenoxy) is 1. The maximum absolute atomic E-state index is 5.78. The van der Waals surface area contributed by atoms with Crippen LogP contribution in [0.25, 0.3) is 10.2 Å². The van der Waals surface area contributed by atoms with Crippen LogP contribution in [-0.2, 0) is 11.2 Å². The predicted octanol–water partition coefficient (Wildman–Crippen LogP) is 3.15. The lowest BCUT2D eigenvalue weighted by Crippen LogP contribution is -2.22. The summed E-state index contributed by atoms with van der Waals surface area (Å²) in [7, 11) is 1.91. The van der Waals surface area contributed by atoms with Crippen LogP contribution in [0.3, 0.4) is 0 Å². The minimum absolute atomic E-state index is 0.289. The predicted molar refractivity (Wildman–Crippen MR) is 79.0 cm³/mol. The molecule has 1 saturated heterocycles. The summed E-state index contributed by atoms with van der Waals surface area (Å²) in [5.74, 6) is 1.82. The van der Waals surface area contributed by atoms with Crippen molar-refractivity contribution in [1.82, 2.24) is 9.97 Å². The minimum Gasteiger partial charge on any atom is -0.378 e. The third kappa shape index (κ3) is 2.72. The third-order valence-corrected chi connectivity index (χ3v) is 4.43. The van der Waals surface area contributed by atoms with Crippen molar-refractivity contribution in [3.8, 4) is 0 Å². The van der Waals surface area contributed by atoms with E-state index in [0.29, 0.717) is 0 Å². The molecular formula is C14H19N3OS. The van der Waals surface area contributed by atoms with E-state index in [1.54, 1.807) is 11.3 Å². The Balaban J connectivity index is 1.90. The Kier molecular flexibility index (Phi) is 3.66. The Hall–Kier alpha value is -1.20. The zero-order valence-corrected chi connectivity index (χ0v) is 12.2. The van der Waals surface area contributed by atoms with Gasteiger partial charge in [-0.05, 0) is 32.3 Å². The first kappa shape index (κ1) is 12.8. The van der Waals surface area contributed by atoms with E-state index in [0.717, 1.165) is 41.3 Å². The number of anilines is 1. The quantitative estimate of drug-likeness (QED) is 0.936. The highest BCUT2D eigenvalue weighted by Crippen LogP contribution is 2.29. The average Bonchev–Trinajstić information content (AvgIpc) is 2.79. The Bertz CT molecular complexity index is 575. The summed E-state index contributed by atoms with van der Waals surface area (Å²) in [6, 6.07) is 2.15. The molecule has 1 unspecified atom stereocenters. The number of rotatable bonds is 3. The fraction of sp³-hybridized carbons (Fsp3) is 0.571. The van der Waals surface area contributed by atoms with Crippen molar-refractivity contribution in [1.29, 1.82) is 0 Å². The SMILES string of the molecule is CNc1nc(CC2CCCCO2)nc2sc(C)cc12. The van der Waals surface area contributed by atoms with Gasteiger partial charge in [-0.3, -0.25) is 0 Å². The number of thiophene rings is 1. The Morgan fingerprint density at radius 2 is 2.32 bits per heavy atom. The van der Waals surface area contributed by atoms with Crippen molar-refractivity contribution in [2.24, 2.45) is 0 Å². The number of nitrogens with zero attached hydrogens (tertiary/aromatic N) is 2. The molecule has 1 atom stereocenters. The number of aryl methyl sites for hydroxylation is 1. The van der Waals surface area contributed by atoms with Crippen LogP contribution in [0.2, 0.25) is 0 Å². The lowest BCUT2D eigenvalue weighted by Gasteiger charge is -2.21. The molecule has 0 radical (unpaired) electrons. The standard InChI is InChI=1S/C14H19N3OS/c1-9-7-11-13(15-2)16-12(17-14(11)19-9)8-10-5-3-4-6-18-10/h7,10H,3-6,8H2,1-2H3,(H,15,16,17). The van der Waals surface area contributed by atoms with Crippen molar-refractivity contribution in [3.63, 3.8) is 0 Å². The second-order valence-electron chi connectivity index (χ2n) is 5.01. The van der Waals surface area contributed by atoms with Crippen LogP contribution in [0.5, 0.6) is 0 Å². The van der Waals surface area contributed by atoms with Gasteiger partial charge in [0.1, 0.15) is 16.5 Å². The Morgan fingerprint density at radius 1 is 1.42 bits per heavy atom. The summed E-state index contributed by atoms with van der Waals surface area (Å²) >= 11 is 1.73. The van der Waals surface area contributed by atoms with E-state index in [2.05, 4.69) is 28.3 Å². The molecule has 0 spiro atoms. The minimum atomic E-state index is 0.289. The molecule has 1 aliphatic rings. The van der Waals surface area contributed by atoms with Crippen LogP contribution >= 0.6 is 11.3 Å². The first-order chi connectivity index (χ1) is 9.26. The van der Waals surface area contributed by atoms with E-state index in [-0.39, 0.29) is 6.10 Å². The molecule has 2 aromatic rings. The van der Waals surface area contributed by atoms with Gasteiger partial charge in [0.15, 0.2) is 0 Å². The second kappa shape index (κ2) is 5.43. The molecule has 3 heterocycles. The van der Waals surface area contributed by atoms with E-state index >= 15 is 0 Å². The molecule has 0 amide bonds. The highest BCUT2D eigenvalue weighted by molar-refractivity contribution is 7.18. The maximum Gasteiger partial charge on any atom is 0.138 e.